The number of nitrogen functional groups attached to an aromatic ring is 1. The Bertz CT molecular complexity index is 1380. The van der Waals surface area contributed by atoms with E-state index >= 15 is 0 Å². The highest BCUT2D eigenvalue weighted by atomic mass is 16.5. The lowest BCUT2D eigenvalue weighted by Gasteiger charge is -2.14. The van der Waals surface area contributed by atoms with Gasteiger partial charge < -0.3 is 20.2 Å². The van der Waals surface area contributed by atoms with E-state index in [4.69, 9.17) is 15.2 Å². The van der Waals surface area contributed by atoms with Crippen LogP contribution < -0.4 is 15.2 Å². The number of rotatable bonds is 4. The molecule has 0 saturated heterocycles. The number of hydrogen-bond donors (Lipinski definition) is 2. The van der Waals surface area contributed by atoms with Crippen molar-refractivity contribution in [2.45, 2.75) is 0 Å². The van der Waals surface area contributed by atoms with Gasteiger partial charge in [0, 0.05) is 38.7 Å². The number of nitrogens with two attached hydrogens (primary N) is 1. The lowest BCUT2D eigenvalue weighted by Crippen LogP contribution is -1.93. The summed E-state index contributed by atoms with van der Waals surface area (Å²) in [7, 11) is 3.37. The topological polar surface area (TPSA) is 60.3 Å². The Morgan fingerprint density at radius 3 is 2.27 bits per heavy atom. The molecule has 4 heteroatoms. The van der Waals surface area contributed by atoms with E-state index in [2.05, 4.69) is 41.4 Å². The van der Waals surface area contributed by atoms with Gasteiger partial charge in [0.15, 0.2) is 0 Å². The molecule has 4 nitrogen and oxygen atoms in total. The minimum absolute atomic E-state index is 0.754. The van der Waals surface area contributed by atoms with Crippen LogP contribution in [0.1, 0.15) is 0 Å². The zero-order valence-electron chi connectivity index (χ0n) is 16.9. The molecular formula is C26H22N2O2. The minimum Gasteiger partial charge on any atom is -0.497 e. The molecule has 0 aliphatic rings. The Kier molecular flexibility index (Phi) is 4.32. The van der Waals surface area contributed by atoms with Gasteiger partial charge in [-0.15, -0.1) is 0 Å². The van der Waals surface area contributed by atoms with Crippen LogP contribution in [0.3, 0.4) is 0 Å². The molecule has 0 aliphatic heterocycles. The molecule has 0 unspecified atom stereocenters. The average molecular weight is 394 g/mol. The van der Waals surface area contributed by atoms with Crippen LogP contribution in [0.4, 0.5) is 5.69 Å². The summed E-state index contributed by atoms with van der Waals surface area (Å²) in [6.07, 6.45) is 0. The van der Waals surface area contributed by atoms with Crippen LogP contribution in [0.5, 0.6) is 11.5 Å². The summed E-state index contributed by atoms with van der Waals surface area (Å²) >= 11 is 0. The number of para-hydroxylation sites is 2. The number of benzene rings is 4. The van der Waals surface area contributed by atoms with Crippen LogP contribution in [0.15, 0.2) is 78.9 Å². The maximum absolute atomic E-state index is 6.32. The van der Waals surface area contributed by atoms with Gasteiger partial charge in [-0.05, 0) is 35.9 Å². The highest BCUT2D eigenvalue weighted by Crippen LogP contribution is 2.44. The van der Waals surface area contributed by atoms with Gasteiger partial charge in [-0.3, -0.25) is 0 Å². The minimum atomic E-state index is 0.754. The predicted molar refractivity (Wildman–Crippen MR) is 124 cm³/mol. The summed E-state index contributed by atoms with van der Waals surface area (Å²) in [6.45, 7) is 0. The van der Waals surface area contributed by atoms with E-state index in [1.54, 1.807) is 14.2 Å². The fraction of sp³-hybridized carbons (Fsp3) is 0.0769. The van der Waals surface area contributed by atoms with E-state index in [1.165, 1.54) is 0 Å². The first-order chi connectivity index (χ1) is 14.7. The van der Waals surface area contributed by atoms with Gasteiger partial charge in [0.05, 0.1) is 19.7 Å². The van der Waals surface area contributed by atoms with Crippen molar-refractivity contribution in [3.63, 3.8) is 0 Å². The number of aromatic amines is 1. The van der Waals surface area contributed by atoms with Crippen LogP contribution in [0.2, 0.25) is 0 Å². The second-order valence-electron chi connectivity index (χ2n) is 7.23. The zero-order chi connectivity index (χ0) is 20.7. The summed E-state index contributed by atoms with van der Waals surface area (Å²) in [5, 5.41) is 2.29. The number of nitrogens with one attached hydrogen (secondary N) is 1. The van der Waals surface area contributed by atoms with Gasteiger partial charge in [0.2, 0.25) is 0 Å². The molecule has 30 heavy (non-hydrogen) atoms. The zero-order valence-corrected chi connectivity index (χ0v) is 16.9. The van der Waals surface area contributed by atoms with Crippen LogP contribution in [-0.2, 0) is 0 Å². The number of fused-ring (bicyclic) bond motifs is 3. The number of aromatic nitrogens is 1. The molecule has 5 rings (SSSR count). The van der Waals surface area contributed by atoms with Crippen molar-refractivity contribution in [2.75, 3.05) is 20.0 Å². The maximum atomic E-state index is 6.32. The highest BCUT2D eigenvalue weighted by Gasteiger charge is 2.18. The molecule has 0 atom stereocenters. The van der Waals surface area contributed by atoms with Crippen molar-refractivity contribution >= 4 is 27.5 Å². The Hall–Kier alpha value is -3.92. The lowest BCUT2D eigenvalue weighted by molar-refractivity contribution is 0.404. The smallest absolute Gasteiger partial charge is 0.126 e. The van der Waals surface area contributed by atoms with Crippen molar-refractivity contribution < 1.29 is 9.47 Å². The maximum Gasteiger partial charge on any atom is 0.126 e. The fourth-order valence-electron chi connectivity index (χ4n) is 4.17. The molecule has 0 bridgehead atoms. The van der Waals surface area contributed by atoms with Gasteiger partial charge in [-0.25, -0.2) is 0 Å². The molecule has 4 aromatic carbocycles. The van der Waals surface area contributed by atoms with Crippen molar-refractivity contribution in [3.8, 4) is 33.8 Å². The molecule has 0 aliphatic carbocycles. The van der Waals surface area contributed by atoms with Gasteiger partial charge in [-0.1, -0.05) is 48.5 Å². The first kappa shape index (κ1) is 18.1. The van der Waals surface area contributed by atoms with E-state index in [-0.39, 0.29) is 0 Å². The average Bonchev–Trinajstić information content (AvgIpc) is 3.18. The first-order valence-electron chi connectivity index (χ1n) is 9.82. The summed E-state index contributed by atoms with van der Waals surface area (Å²) in [5.41, 5.74) is 13.4. The SMILES string of the molecule is COc1ccc(OC)c(-c2ccc(-c3ccccc3N)c3[nH]c4ccccc4c23)c1. The second kappa shape index (κ2) is 7.16. The van der Waals surface area contributed by atoms with Crippen molar-refractivity contribution in [1.82, 2.24) is 4.98 Å². The van der Waals surface area contributed by atoms with Gasteiger partial charge in [-0.2, -0.15) is 0 Å². The standard InChI is InChI=1S/C26H22N2O2/c1-29-16-11-14-24(30-2)21(15-16)18-12-13-19(17-7-3-5-9-22(17)27)26-25(18)20-8-4-6-10-23(20)28-26/h3-15,28H,27H2,1-2H3. The van der Waals surface area contributed by atoms with Gasteiger partial charge in [0.25, 0.3) is 0 Å². The summed E-state index contributed by atoms with van der Waals surface area (Å²) < 4.78 is 11.2. The number of hydrogen-bond acceptors (Lipinski definition) is 3. The molecule has 5 aromatic rings. The van der Waals surface area contributed by atoms with E-state index in [9.17, 15) is 0 Å². The normalized spacial score (nSPS) is 11.1. The Morgan fingerprint density at radius 2 is 1.47 bits per heavy atom. The molecule has 1 aromatic heterocycles. The summed E-state index contributed by atoms with van der Waals surface area (Å²) in [5.74, 6) is 1.59. The molecule has 0 saturated carbocycles. The lowest BCUT2D eigenvalue weighted by atomic mass is 9.93. The van der Waals surface area contributed by atoms with Crippen LogP contribution in [-0.4, -0.2) is 19.2 Å². The molecule has 0 radical (unpaired) electrons. The number of anilines is 1. The van der Waals surface area contributed by atoms with E-state index < -0.39 is 0 Å². The number of methoxy groups -OCH3 is 2. The monoisotopic (exact) mass is 394 g/mol. The third-order valence-corrected chi connectivity index (χ3v) is 5.61. The quantitative estimate of drug-likeness (QED) is 0.354. The second-order valence-corrected chi connectivity index (χ2v) is 7.23. The highest BCUT2D eigenvalue weighted by molar-refractivity contribution is 6.18. The van der Waals surface area contributed by atoms with E-state index in [0.717, 1.165) is 61.2 Å². The molecule has 3 N–H and O–H groups in total. The van der Waals surface area contributed by atoms with E-state index in [0.29, 0.717) is 0 Å². The van der Waals surface area contributed by atoms with Crippen LogP contribution in [0, 0.1) is 0 Å². The molecular weight excluding hydrogens is 372 g/mol. The predicted octanol–water partition coefficient (Wildman–Crippen LogP) is 6.25. The molecule has 1 heterocycles. The van der Waals surface area contributed by atoms with Crippen molar-refractivity contribution in [3.05, 3.63) is 78.9 Å². The molecule has 0 fully saturated rings. The number of ether oxygens (including phenoxy) is 2. The van der Waals surface area contributed by atoms with Crippen LogP contribution in [0.25, 0.3) is 44.1 Å². The Labute approximate surface area is 174 Å². The van der Waals surface area contributed by atoms with Crippen LogP contribution >= 0.6 is 0 Å². The van der Waals surface area contributed by atoms with E-state index in [1.807, 2.05) is 42.5 Å². The van der Waals surface area contributed by atoms with Gasteiger partial charge >= 0.3 is 0 Å². The third-order valence-electron chi connectivity index (χ3n) is 5.61. The van der Waals surface area contributed by atoms with Gasteiger partial charge in [0.1, 0.15) is 11.5 Å². The Balaban J connectivity index is 1.90. The summed E-state index contributed by atoms with van der Waals surface area (Å²) in [6, 6.07) is 26.4. The van der Waals surface area contributed by atoms with Crippen molar-refractivity contribution in [1.29, 1.82) is 0 Å². The Morgan fingerprint density at radius 1 is 0.700 bits per heavy atom. The largest absolute Gasteiger partial charge is 0.497 e. The fourth-order valence-corrected chi connectivity index (χ4v) is 4.17. The molecule has 148 valence electrons. The number of H-pyrrole nitrogens is 1. The van der Waals surface area contributed by atoms with Crippen molar-refractivity contribution in [2.24, 2.45) is 0 Å². The molecule has 0 amide bonds. The third kappa shape index (κ3) is 2.77. The molecule has 0 spiro atoms. The summed E-state index contributed by atoms with van der Waals surface area (Å²) in [4.78, 5) is 3.62. The first-order valence-corrected chi connectivity index (χ1v) is 9.82.